The first-order chi connectivity index (χ1) is 25.4. The summed E-state index contributed by atoms with van der Waals surface area (Å²) >= 11 is 0. The molecule has 4 heterocycles. The summed E-state index contributed by atoms with van der Waals surface area (Å²) in [5.41, 5.74) is 9.66. The number of anilines is 4. The molecule has 9 aromatic rings. The van der Waals surface area contributed by atoms with Crippen LogP contribution in [0.3, 0.4) is 0 Å². The standard InChI is InChI=1S/C46H36N4O2/c1-46(2,3)30-24-25-47-44(26-30)50-37-16-6-4-14-34(37)35-23-22-33(28-41(35)50)51-32-13-10-12-31(27-32)48-29-49(39-18-8-7-17-38(39)48)40-19-11-21-43-45(40)36-15-5-9-20-42(36)52-43/h4-28H,29H2,1-3H3. The van der Waals surface area contributed by atoms with Gasteiger partial charge in [-0.3, -0.25) is 4.57 Å². The number of ether oxygens (including phenoxy) is 1. The fourth-order valence-corrected chi connectivity index (χ4v) is 7.74. The molecule has 0 N–H and O–H groups in total. The summed E-state index contributed by atoms with van der Waals surface area (Å²) in [5, 5.41) is 4.59. The summed E-state index contributed by atoms with van der Waals surface area (Å²) < 4.78 is 15.2. The van der Waals surface area contributed by atoms with E-state index in [2.05, 4.69) is 163 Å². The van der Waals surface area contributed by atoms with Crippen molar-refractivity contribution in [1.29, 1.82) is 0 Å². The molecule has 52 heavy (non-hydrogen) atoms. The lowest BCUT2D eigenvalue weighted by molar-refractivity contribution is 0.483. The van der Waals surface area contributed by atoms with Crippen molar-refractivity contribution < 1.29 is 9.15 Å². The Morgan fingerprint density at radius 1 is 0.577 bits per heavy atom. The van der Waals surface area contributed by atoms with Crippen LogP contribution in [0.25, 0.3) is 49.6 Å². The van der Waals surface area contributed by atoms with Crippen LogP contribution >= 0.6 is 0 Å². The third-order valence-corrected chi connectivity index (χ3v) is 10.3. The van der Waals surface area contributed by atoms with Gasteiger partial charge in [0.25, 0.3) is 0 Å². The number of benzene rings is 6. The number of fused-ring (bicyclic) bond motifs is 7. The first-order valence-corrected chi connectivity index (χ1v) is 17.7. The summed E-state index contributed by atoms with van der Waals surface area (Å²) in [6.45, 7) is 7.35. The van der Waals surface area contributed by atoms with Crippen LogP contribution in [0.15, 0.2) is 156 Å². The van der Waals surface area contributed by atoms with Crippen LogP contribution in [-0.2, 0) is 5.41 Å². The molecule has 10 rings (SSSR count). The van der Waals surface area contributed by atoms with Gasteiger partial charge in [-0.2, -0.15) is 0 Å². The number of rotatable bonds is 5. The second-order valence-electron chi connectivity index (χ2n) is 14.5. The number of hydrogen-bond donors (Lipinski definition) is 0. The molecule has 1 aliphatic heterocycles. The van der Waals surface area contributed by atoms with Crippen molar-refractivity contribution in [2.75, 3.05) is 16.5 Å². The molecule has 0 fully saturated rings. The van der Waals surface area contributed by atoms with Gasteiger partial charge in [-0.1, -0.05) is 81.4 Å². The molecule has 252 valence electrons. The highest BCUT2D eigenvalue weighted by Gasteiger charge is 2.30. The van der Waals surface area contributed by atoms with Gasteiger partial charge in [0.15, 0.2) is 0 Å². The third kappa shape index (κ3) is 4.83. The highest BCUT2D eigenvalue weighted by atomic mass is 16.5. The molecule has 0 unspecified atom stereocenters. The SMILES string of the molecule is CC(C)(C)c1ccnc(-n2c3ccccc3c3ccc(Oc4cccc(N5CN(c6cccc7oc8ccccc8c67)c6ccccc65)c4)cc32)c1. The van der Waals surface area contributed by atoms with Crippen molar-refractivity contribution in [2.24, 2.45) is 0 Å². The summed E-state index contributed by atoms with van der Waals surface area (Å²) in [7, 11) is 0. The van der Waals surface area contributed by atoms with Gasteiger partial charge in [0.1, 0.15) is 35.2 Å². The van der Waals surface area contributed by atoms with Crippen LogP contribution in [0.4, 0.5) is 22.7 Å². The molecular weight excluding hydrogens is 641 g/mol. The van der Waals surface area contributed by atoms with E-state index in [1.54, 1.807) is 0 Å². The van der Waals surface area contributed by atoms with Crippen molar-refractivity contribution in [3.8, 4) is 17.3 Å². The molecule has 0 amide bonds. The fourth-order valence-electron chi connectivity index (χ4n) is 7.74. The van der Waals surface area contributed by atoms with E-state index in [0.29, 0.717) is 6.67 Å². The predicted molar refractivity (Wildman–Crippen MR) is 213 cm³/mol. The van der Waals surface area contributed by atoms with Crippen LogP contribution in [-0.4, -0.2) is 16.2 Å². The number of aromatic nitrogens is 2. The van der Waals surface area contributed by atoms with E-state index in [1.807, 2.05) is 24.4 Å². The van der Waals surface area contributed by atoms with Crippen LogP contribution in [0, 0.1) is 0 Å². The molecule has 6 aromatic carbocycles. The maximum atomic E-state index is 6.66. The predicted octanol–water partition coefficient (Wildman–Crippen LogP) is 12.4. The Morgan fingerprint density at radius 2 is 1.27 bits per heavy atom. The van der Waals surface area contributed by atoms with Crippen molar-refractivity contribution in [1.82, 2.24) is 9.55 Å². The van der Waals surface area contributed by atoms with Crippen LogP contribution in [0.5, 0.6) is 11.5 Å². The molecular formula is C46H36N4O2. The second kappa shape index (κ2) is 11.5. The highest BCUT2D eigenvalue weighted by Crippen LogP contribution is 2.48. The molecule has 0 saturated carbocycles. The molecule has 6 nitrogen and oxygen atoms in total. The van der Waals surface area contributed by atoms with E-state index in [4.69, 9.17) is 14.1 Å². The molecule has 6 heteroatoms. The number of nitrogens with zero attached hydrogens (tertiary/aromatic N) is 4. The smallest absolute Gasteiger partial charge is 0.137 e. The van der Waals surface area contributed by atoms with E-state index >= 15 is 0 Å². The second-order valence-corrected chi connectivity index (χ2v) is 14.5. The topological polar surface area (TPSA) is 46.7 Å². The zero-order chi connectivity index (χ0) is 35.0. The highest BCUT2D eigenvalue weighted by molar-refractivity contribution is 6.13. The lowest BCUT2D eigenvalue weighted by Gasteiger charge is -2.23. The Morgan fingerprint density at radius 3 is 2.13 bits per heavy atom. The zero-order valence-corrected chi connectivity index (χ0v) is 29.2. The molecule has 0 radical (unpaired) electrons. The fraction of sp³-hybridized carbons (Fsp3) is 0.109. The van der Waals surface area contributed by atoms with Gasteiger partial charge >= 0.3 is 0 Å². The van der Waals surface area contributed by atoms with Gasteiger partial charge in [-0.25, -0.2) is 4.98 Å². The van der Waals surface area contributed by atoms with E-state index in [1.165, 1.54) is 10.9 Å². The Hall–Kier alpha value is -6.53. The van der Waals surface area contributed by atoms with Crippen LogP contribution < -0.4 is 14.5 Å². The summed E-state index contributed by atoms with van der Waals surface area (Å²) in [5.74, 6) is 2.43. The number of pyridine rings is 1. The molecule has 0 saturated heterocycles. The van der Waals surface area contributed by atoms with Crippen molar-refractivity contribution >= 4 is 66.5 Å². The molecule has 0 aliphatic carbocycles. The number of furan rings is 1. The molecule has 0 atom stereocenters. The van der Waals surface area contributed by atoms with Gasteiger partial charge < -0.3 is 19.0 Å². The van der Waals surface area contributed by atoms with Gasteiger partial charge in [-0.15, -0.1) is 0 Å². The van der Waals surface area contributed by atoms with Crippen molar-refractivity contribution in [3.05, 3.63) is 157 Å². The first kappa shape index (κ1) is 30.3. The van der Waals surface area contributed by atoms with E-state index in [9.17, 15) is 0 Å². The Labute approximate surface area is 301 Å². The number of hydrogen-bond acceptors (Lipinski definition) is 5. The zero-order valence-electron chi connectivity index (χ0n) is 29.2. The van der Waals surface area contributed by atoms with Gasteiger partial charge in [0.2, 0.25) is 0 Å². The minimum absolute atomic E-state index is 0.00356. The summed E-state index contributed by atoms with van der Waals surface area (Å²) in [6, 6.07) is 50.7. The number of para-hydroxylation sites is 4. The molecule has 1 aliphatic rings. The van der Waals surface area contributed by atoms with Crippen molar-refractivity contribution in [2.45, 2.75) is 26.2 Å². The lowest BCUT2D eigenvalue weighted by atomic mass is 9.88. The maximum Gasteiger partial charge on any atom is 0.137 e. The monoisotopic (exact) mass is 676 g/mol. The first-order valence-electron chi connectivity index (χ1n) is 17.7. The minimum atomic E-state index is 0.00356. The normalized spacial score (nSPS) is 13.1. The minimum Gasteiger partial charge on any atom is -0.457 e. The maximum absolute atomic E-state index is 6.66. The van der Waals surface area contributed by atoms with Crippen molar-refractivity contribution in [3.63, 3.8) is 0 Å². The average molecular weight is 677 g/mol. The summed E-state index contributed by atoms with van der Waals surface area (Å²) in [6.07, 6.45) is 1.91. The Kier molecular flexibility index (Phi) is 6.70. The van der Waals surface area contributed by atoms with Gasteiger partial charge in [0.05, 0.1) is 33.5 Å². The Bertz CT molecular complexity index is 2820. The molecule has 3 aromatic heterocycles. The van der Waals surface area contributed by atoms with E-state index in [0.717, 1.165) is 78.4 Å². The van der Waals surface area contributed by atoms with Gasteiger partial charge in [-0.05, 0) is 83.8 Å². The van der Waals surface area contributed by atoms with E-state index in [-0.39, 0.29) is 5.41 Å². The van der Waals surface area contributed by atoms with Gasteiger partial charge in [0, 0.05) is 40.2 Å². The molecule has 0 bridgehead atoms. The summed E-state index contributed by atoms with van der Waals surface area (Å²) in [4.78, 5) is 9.57. The average Bonchev–Trinajstić information content (AvgIpc) is 3.84. The molecule has 0 spiro atoms. The third-order valence-electron chi connectivity index (χ3n) is 10.3. The van der Waals surface area contributed by atoms with Crippen LogP contribution in [0.2, 0.25) is 0 Å². The van der Waals surface area contributed by atoms with Crippen LogP contribution in [0.1, 0.15) is 26.3 Å². The Balaban J connectivity index is 1.02. The lowest BCUT2D eigenvalue weighted by Crippen LogP contribution is -2.24. The quantitative estimate of drug-likeness (QED) is 0.182. The van der Waals surface area contributed by atoms with E-state index < -0.39 is 0 Å². The largest absolute Gasteiger partial charge is 0.457 e.